The molecule has 3 aromatic rings. The van der Waals surface area contributed by atoms with Crippen LogP contribution in [0.15, 0.2) is 48.9 Å². The van der Waals surface area contributed by atoms with Gasteiger partial charge in [-0.25, -0.2) is 4.98 Å². The molecule has 126 valence electrons. The molecule has 0 unspecified atom stereocenters. The number of rotatable bonds is 4. The molecule has 7 heteroatoms. The molecule has 3 heterocycles. The second-order valence-electron chi connectivity index (χ2n) is 6.17. The number of nitrogens with one attached hydrogen (secondary N) is 2. The first-order chi connectivity index (χ1) is 12.2. The van der Waals surface area contributed by atoms with E-state index < -0.39 is 0 Å². The van der Waals surface area contributed by atoms with E-state index in [9.17, 15) is 4.79 Å². The monoisotopic (exact) mass is 353 g/mol. The lowest BCUT2D eigenvalue weighted by Crippen LogP contribution is -2.33. The Balaban J connectivity index is 1.34. The van der Waals surface area contributed by atoms with Gasteiger partial charge in [0.25, 0.3) is 0 Å². The molecule has 3 aromatic heterocycles. The van der Waals surface area contributed by atoms with Crippen LogP contribution in [0.1, 0.15) is 24.3 Å². The van der Waals surface area contributed by atoms with Crippen molar-refractivity contribution in [1.29, 1.82) is 0 Å². The molecule has 25 heavy (non-hydrogen) atoms. The standard InChI is InChI=1S/C18H16ClN5O/c19-16-2-1-12(10-21-16)13-7-14(8-13)18(25)22-17-9-15(23-24-17)11-3-5-20-6-4-11/h1-6,9-10,13-14H,7-8H2,(H2,22,23,24,25)/t13-,14-. The summed E-state index contributed by atoms with van der Waals surface area (Å²) in [6.07, 6.45) is 6.85. The van der Waals surface area contributed by atoms with E-state index in [4.69, 9.17) is 11.6 Å². The van der Waals surface area contributed by atoms with Gasteiger partial charge in [0.05, 0.1) is 5.69 Å². The fourth-order valence-corrected chi connectivity index (χ4v) is 3.14. The summed E-state index contributed by atoms with van der Waals surface area (Å²) in [4.78, 5) is 20.4. The molecule has 1 fully saturated rings. The van der Waals surface area contributed by atoms with Gasteiger partial charge >= 0.3 is 0 Å². The maximum absolute atomic E-state index is 12.4. The van der Waals surface area contributed by atoms with Crippen molar-refractivity contribution in [2.45, 2.75) is 18.8 Å². The van der Waals surface area contributed by atoms with E-state index in [2.05, 4.69) is 25.5 Å². The number of pyridine rings is 2. The first kappa shape index (κ1) is 15.8. The molecule has 6 nitrogen and oxygen atoms in total. The number of halogens is 1. The van der Waals surface area contributed by atoms with Gasteiger partial charge in [-0.1, -0.05) is 17.7 Å². The van der Waals surface area contributed by atoms with Crippen molar-refractivity contribution in [1.82, 2.24) is 20.2 Å². The fourth-order valence-electron chi connectivity index (χ4n) is 3.02. The molecule has 0 aromatic carbocycles. The largest absolute Gasteiger partial charge is 0.311 e. The third-order valence-corrected chi connectivity index (χ3v) is 4.77. The maximum Gasteiger partial charge on any atom is 0.228 e. The number of H-pyrrole nitrogens is 1. The lowest BCUT2D eigenvalue weighted by Gasteiger charge is -2.34. The Kier molecular flexibility index (Phi) is 4.19. The molecule has 2 N–H and O–H groups in total. The number of amides is 1. The van der Waals surface area contributed by atoms with Crippen molar-refractivity contribution in [3.63, 3.8) is 0 Å². The van der Waals surface area contributed by atoms with Crippen molar-refractivity contribution in [3.8, 4) is 11.3 Å². The number of anilines is 1. The van der Waals surface area contributed by atoms with Gasteiger partial charge < -0.3 is 5.32 Å². The van der Waals surface area contributed by atoms with Gasteiger partial charge in [0.1, 0.15) is 11.0 Å². The Morgan fingerprint density at radius 1 is 1.20 bits per heavy atom. The van der Waals surface area contributed by atoms with Crippen molar-refractivity contribution < 1.29 is 4.79 Å². The summed E-state index contributed by atoms with van der Waals surface area (Å²) >= 11 is 5.81. The van der Waals surface area contributed by atoms with Crippen LogP contribution in [-0.4, -0.2) is 26.1 Å². The Hall–Kier alpha value is -2.73. The number of hydrogen-bond donors (Lipinski definition) is 2. The molecule has 4 rings (SSSR count). The average Bonchev–Trinajstić information content (AvgIpc) is 3.04. The van der Waals surface area contributed by atoms with E-state index in [-0.39, 0.29) is 11.8 Å². The van der Waals surface area contributed by atoms with Crippen molar-refractivity contribution in [2.75, 3.05) is 5.32 Å². The zero-order valence-electron chi connectivity index (χ0n) is 13.3. The number of carbonyl (C=O) groups is 1. The van der Waals surface area contributed by atoms with Gasteiger partial charge in [0.15, 0.2) is 0 Å². The zero-order valence-corrected chi connectivity index (χ0v) is 14.1. The van der Waals surface area contributed by atoms with E-state index in [1.807, 2.05) is 24.3 Å². The summed E-state index contributed by atoms with van der Waals surface area (Å²) in [5.41, 5.74) is 2.86. The number of nitrogens with zero attached hydrogens (tertiary/aromatic N) is 3. The number of carbonyl (C=O) groups excluding carboxylic acids is 1. The van der Waals surface area contributed by atoms with Crippen LogP contribution < -0.4 is 5.32 Å². The Bertz CT molecular complexity index is 872. The second-order valence-corrected chi connectivity index (χ2v) is 6.56. The van der Waals surface area contributed by atoms with Crippen molar-refractivity contribution in [3.05, 3.63) is 59.6 Å². The van der Waals surface area contributed by atoms with E-state index >= 15 is 0 Å². The SMILES string of the molecule is O=C(Nc1cc(-c2ccncc2)n[nH]1)[C@H]1C[C@H](c2ccc(Cl)nc2)C1. The molecular formula is C18H16ClN5O. The summed E-state index contributed by atoms with van der Waals surface area (Å²) in [7, 11) is 0. The minimum Gasteiger partial charge on any atom is -0.311 e. The quantitative estimate of drug-likeness (QED) is 0.701. The van der Waals surface area contributed by atoms with Crippen molar-refractivity contribution >= 4 is 23.3 Å². The molecule has 0 saturated heterocycles. The van der Waals surface area contributed by atoms with Gasteiger partial charge in [-0.2, -0.15) is 5.10 Å². The Morgan fingerprint density at radius 3 is 2.72 bits per heavy atom. The molecule has 1 aliphatic rings. The van der Waals surface area contributed by atoms with Gasteiger partial charge in [0.2, 0.25) is 5.91 Å². The number of aromatic nitrogens is 4. The molecule has 0 aliphatic heterocycles. The first-order valence-corrected chi connectivity index (χ1v) is 8.45. The summed E-state index contributed by atoms with van der Waals surface area (Å²) in [6.45, 7) is 0. The van der Waals surface area contributed by atoms with Gasteiger partial charge in [-0.15, -0.1) is 0 Å². The normalized spacial score (nSPS) is 19.2. The highest BCUT2D eigenvalue weighted by Gasteiger charge is 2.35. The van der Waals surface area contributed by atoms with Gasteiger partial charge in [-0.3, -0.25) is 14.9 Å². The molecule has 1 amide bonds. The highest BCUT2D eigenvalue weighted by Crippen LogP contribution is 2.42. The van der Waals surface area contributed by atoms with Crippen LogP contribution in [-0.2, 0) is 4.79 Å². The van der Waals surface area contributed by atoms with Gasteiger partial charge in [-0.05, 0) is 42.5 Å². The summed E-state index contributed by atoms with van der Waals surface area (Å²) in [5.74, 6) is 1.000. The molecular weight excluding hydrogens is 338 g/mol. The van der Waals surface area contributed by atoms with Crippen molar-refractivity contribution in [2.24, 2.45) is 5.92 Å². The van der Waals surface area contributed by atoms with Crippen LogP contribution in [0.3, 0.4) is 0 Å². The highest BCUT2D eigenvalue weighted by molar-refractivity contribution is 6.29. The first-order valence-electron chi connectivity index (χ1n) is 8.07. The van der Waals surface area contributed by atoms with E-state index in [1.54, 1.807) is 24.7 Å². The van der Waals surface area contributed by atoms with E-state index in [1.165, 1.54) is 0 Å². The molecule has 1 aliphatic carbocycles. The lowest BCUT2D eigenvalue weighted by molar-refractivity contribution is -0.122. The maximum atomic E-state index is 12.4. The fraction of sp³-hybridized carbons (Fsp3) is 0.222. The van der Waals surface area contributed by atoms with E-state index in [0.29, 0.717) is 16.9 Å². The lowest BCUT2D eigenvalue weighted by atomic mass is 9.71. The van der Waals surface area contributed by atoms with Crippen LogP contribution in [0.4, 0.5) is 5.82 Å². The molecule has 0 bridgehead atoms. The topological polar surface area (TPSA) is 83.6 Å². The molecule has 1 saturated carbocycles. The minimum absolute atomic E-state index is 0.00773. The predicted octanol–water partition coefficient (Wildman–Crippen LogP) is 3.65. The number of aromatic amines is 1. The third-order valence-electron chi connectivity index (χ3n) is 4.54. The molecule has 0 radical (unpaired) electrons. The zero-order chi connectivity index (χ0) is 17.2. The molecule has 0 atom stereocenters. The van der Waals surface area contributed by atoms with Gasteiger partial charge in [0, 0.05) is 36.1 Å². The summed E-state index contributed by atoms with van der Waals surface area (Å²) in [6, 6.07) is 9.34. The Morgan fingerprint density at radius 2 is 2.00 bits per heavy atom. The van der Waals surface area contributed by atoms with Crippen LogP contribution in [0, 0.1) is 5.92 Å². The van der Waals surface area contributed by atoms with Crippen LogP contribution in [0.25, 0.3) is 11.3 Å². The molecule has 0 spiro atoms. The average molecular weight is 354 g/mol. The minimum atomic E-state index is 0.00773. The second kappa shape index (κ2) is 6.64. The summed E-state index contributed by atoms with van der Waals surface area (Å²) in [5, 5.41) is 10.5. The summed E-state index contributed by atoms with van der Waals surface area (Å²) < 4.78 is 0. The third kappa shape index (κ3) is 3.39. The van der Waals surface area contributed by atoms with Crippen LogP contribution in [0.2, 0.25) is 5.15 Å². The smallest absolute Gasteiger partial charge is 0.228 e. The van der Waals surface area contributed by atoms with Crippen LogP contribution >= 0.6 is 11.6 Å². The predicted molar refractivity (Wildman–Crippen MR) is 95.2 cm³/mol. The van der Waals surface area contributed by atoms with E-state index in [0.717, 1.165) is 29.7 Å². The Labute approximate surface area is 149 Å². The number of hydrogen-bond acceptors (Lipinski definition) is 4. The van der Waals surface area contributed by atoms with Crippen LogP contribution in [0.5, 0.6) is 0 Å². The highest BCUT2D eigenvalue weighted by atomic mass is 35.5.